The van der Waals surface area contributed by atoms with Gasteiger partial charge in [0.2, 0.25) is 0 Å². The molecule has 0 bridgehead atoms. The minimum absolute atomic E-state index is 0.00663. The summed E-state index contributed by atoms with van der Waals surface area (Å²) >= 11 is 0. The van der Waals surface area contributed by atoms with E-state index in [1.165, 1.54) is 0 Å². The average Bonchev–Trinajstić information content (AvgIpc) is 3.18. The Morgan fingerprint density at radius 1 is 0.632 bits per heavy atom. The van der Waals surface area contributed by atoms with Gasteiger partial charge in [0.25, 0.3) is 0 Å². The highest BCUT2D eigenvalue weighted by Gasteiger charge is 2.25. The number of carbonyl (C=O) groups excluding carboxylic acids is 2. The lowest BCUT2D eigenvalue weighted by Gasteiger charge is -2.19. The average molecular weight is 816 g/mol. The predicted molar refractivity (Wildman–Crippen MR) is 231 cm³/mol. The van der Waals surface area contributed by atoms with Gasteiger partial charge in [-0.15, -0.1) is 0 Å². The fraction of sp³-hybridized carbons (Fsp3) is 0.511. The van der Waals surface area contributed by atoms with Gasteiger partial charge < -0.3 is 30.3 Å². The van der Waals surface area contributed by atoms with E-state index in [1.54, 1.807) is 30.4 Å². The molecule has 0 spiro atoms. The number of rotatable bonds is 35. The molecule has 11 nitrogen and oxygen atoms in total. The molecule has 0 saturated heterocycles. The monoisotopic (exact) mass is 815 g/mol. The molecule has 0 aliphatic rings. The number of esters is 2. The van der Waals surface area contributed by atoms with Crippen LogP contribution in [0.25, 0.3) is 0 Å². The summed E-state index contributed by atoms with van der Waals surface area (Å²) in [5.41, 5.74) is 5.32. The van der Waals surface area contributed by atoms with E-state index in [2.05, 4.69) is 62.5 Å². The van der Waals surface area contributed by atoms with Crippen molar-refractivity contribution in [1.29, 1.82) is 0 Å². The number of aliphatic hydroxyl groups excluding tert-OH is 2. The van der Waals surface area contributed by atoms with Crippen molar-refractivity contribution in [3.05, 3.63) is 122 Å². The first-order valence-electron chi connectivity index (χ1n) is 20.2. The maximum Gasteiger partial charge on any atom is 0.472 e. The van der Waals surface area contributed by atoms with Crippen LogP contribution in [0.4, 0.5) is 0 Å². The second-order valence-corrected chi connectivity index (χ2v) is 14.2. The number of hydrogen-bond acceptors (Lipinski definition) is 10. The number of aliphatic hydroxyl groups is 2. The Balaban J connectivity index is 4.56. The van der Waals surface area contributed by atoms with Crippen molar-refractivity contribution in [2.45, 2.75) is 122 Å². The van der Waals surface area contributed by atoms with Crippen LogP contribution in [-0.4, -0.2) is 71.7 Å². The molecule has 0 aromatic rings. The Morgan fingerprint density at radius 2 is 1.21 bits per heavy atom. The number of phosphoric acid groups is 1. The highest BCUT2D eigenvalue weighted by atomic mass is 31.2. The quantitative estimate of drug-likeness (QED) is 0.0158. The van der Waals surface area contributed by atoms with Crippen molar-refractivity contribution >= 4 is 19.8 Å². The third-order valence-electron chi connectivity index (χ3n) is 7.52. The number of ether oxygens (including phenoxy) is 2. The Bertz CT molecular complexity index is 1380. The predicted octanol–water partition coefficient (Wildman–Crippen LogP) is 9.32. The Hall–Kier alpha value is -3.67. The van der Waals surface area contributed by atoms with Gasteiger partial charge in [-0.1, -0.05) is 135 Å². The Labute approximate surface area is 342 Å². The highest BCUT2D eigenvalue weighted by molar-refractivity contribution is 7.47. The lowest BCUT2D eigenvalue weighted by molar-refractivity contribution is -0.161. The minimum Gasteiger partial charge on any atom is -0.462 e. The summed E-state index contributed by atoms with van der Waals surface area (Å²) in [5, 5.41) is 20.0. The molecular formula is C45H70NO10P. The number of nitrogens with two attached hydrogens (primary N) is 1. The van der Waals surface area contributed by atoms with E-state index < -0.39 is 44.7 Å². The lowest BCUT2D eigenvalue weighted by Crippen LogP contribution is -2.29. The molecule has 0 aromatic heterocycles. The van der Waals surface area contributed by atoms with Crippen LogP contribution in [0.2, 0.25) is 0 Å². The first-order valence-corrected chi connectivity index (χ1v) is 21.7. The molecule has 12 heteroatoms. The van der Waals surface area contributed by atoms with Gasteiger partial charge in [0.05, 0.1) is 25.4 Å². The van der Waals surface area contributed by atoms with E-state index in [1.807, 2.05) is 42.5 Å². The van der Waals surface area contributed by atoms with Gasteiger partial charge in [-0.25, -0.2) is 4.57 Å². The van der Waals surface area contributed by atoms with E-state index in [0.717, 1.165) is 44.9 Å². The summed E-state index contributed by atoms with van der Waals surface area (Å²) in [4.78, 5) is 34.8. The molecule has 0 amide bonds. The molecule has 4 atom stereocenters. The van der Waals surface area contributed by atoms with Crippen molar-refractivity contribution in [2.75, 3.05) is 26.4 Å². The molecule has 0 aliphatic carbocycles. The summed E-state index contributed by atoms with van der Waals surface area (Å²) in [6.07, 6.45) is 46.0. The number of carbonyl (C=O) groups is 2. The summed E-state index contributed by atoms with van der Waals surface area (Å²) in [6, 6.07) is 0. The SMILES string of the molecule is CC/C=C\C/C=C\C/C=C\C/C=C\CCCCC(=O)OC[C@H](COP(=O)(O)OCCN)OC(=O)CCC/C=C\[C@@H](O)/C=C/C=C\C/C=C\C=C\[C@@H](O)C/C=C\CC. The second kappa shape index (κ2) is 39.2. The summed E-state index contributed by atoms with van der Waals surface area (Å²) in [7, 11) is -4.45. The smallest absolute Gasteiger partial charge is 0.462 e. The third kappa shape index (κ3) is 39.0. The zero-order valence-electron chi connectivity index (χ0n) is 34.2. The number of phosphoric ester groups is 1. The number of allylic oxidation sites excluding steroid dienone is 16. The molecule has 0 rings (SSSR count). The van der Waals surface area contributed by atoms with Crippen LogP contribution >= 0.6 is 7.82 Å². The summed E-state index contributed by atoms with van der Waals surface area (Å²) < 4.78 is 32.5. The van der Waals surface area contributed by atoms with Crippen molar-refractivity contribution in [3.8, 4) is 0 Å². The molecule has 320 valence electrons. The van der Waals surface area contributed by atoms with Gasteiger partial charge in [0, 0.05) is 19.4 Å². The molecule has 5 N–H and O–H groups in total. The zero-order valence-corrected chi connectivity index (χ0v) is 35.1. The molecule has 0 radical (unpaired) electrons. The second-order valence-electron chi connectivity index (χ2n) is 12.8. The zero-order chi connectivity index (χ0) is 42.1. The first-order chi connectivity index (χ1) is 27.6. The molecule has 0 fully saturated rings. The standard InChI is InChI=1S/C45H70NO10P/c1-3-5-7-8-9-10-11-12-13-14-15-16-20-23-29-35-44(49)53-39-43(40-55-57(51,52)54-38-37-46)56-45(50)36-30-24-28-34-42(48)33-27-22-19-17-18-21-26-32-41(47)31-25-6-4-2/h5-7,9-10,12-13,15-16,18-19,21-22,25-28,32-34,41-43,47-48H,3-4,8,11,14,17,20,23-24,29-31,35-40,46H2,1-2H3,(H,51,52)/b7-5-,10-9-,13-12-,16-15-,21-18-,22-19-,25-6-,32-26+,33-27+,34-28-/t41-,42-,43+/m0/s1. The van der Waals surface area contributed by atoms with E-state index in [9.17, 15) is 29.3 Å². The topological polar surface area (TPSA) is 175 Å². The maximum atomic E-state index is 12.6. The summed E-state index contributed by atoms with van der Waals surface area (Å²) in [6.45, 7) is 3.10. The van der Waals surface area contributed by atoms with Crippen LogP contribution in [0.15, 0.2) is 122 Å². The van der Waals surface area contributed by atoms with Crippen LogP contribution in [0.5, 0.6) is 0 Å². The van der Waals surface area contributed by atoms with Gasteiger partial charge in [0.1, 0.15) is 6.61 Å². The van der Waals surface area contributed by atoms with Gasteiger partial charge in [-0.3, -0.25) is 18.6 Å². The summed E-state index contributed by atoms with van der Waals surface area (Å²) in [5.74, 6) is -1.08. The minimum atomic E-state index is -4.45. The van der Waals surface area contributed by atoms with Gasteiger partial charge in [-0.2, -0.15) is 0 Å². The molecule has 0 heterocycles. The van der Waals surface area contributed by atoms with Gasteiger partial charge in [-0.05, 0) is 77.0 Å². The van der Waals surface area contributed by atoms with E-state index >= 15 is 0 Å². The van der Waals surface area contributed by atoms with Gasteiger partial charge in [0.15, 0.2) is 6.10 Å². The lowest BCUT2D eigenvalue weighted by atomic mass is 10.2. The van der Waals surface area contributed by atoms with Crippen molar-refractivity contribution in [2.24, 2.45) is 5.73 Å². The van der Waals surface area contributed by atoms with Crippen molar-refractivity contribution in [3.63, 3.8) is 0 Å². The molecular weight excluding hydrogens is 745 g/mol. The molecule has 1 unspecified atom stereocenters. The van der Waals surface area contributed by atoms with Crippen LogP contribution in [0.1, 0.15) is 104 Å². The maximum absolute atomic E-state index is 12.6. The fourth-order valence-electron chi connectivity index (χ4n) is 4.54. The largest absolute Gasteiger partial charge is 0.472 e. The fourth-order valence-corrected chi connectivity index (χ4v) is 5.30. The van der Waals surface area contributed by atoms with Crippen LogP contribution < -0.4 is 5.73 Å². The van der Waals surface area contributed by atoms with E-state index in [-0.39, 0.29) is 32.6 Å². The normalized spacial score (nSPS) is 15.7. The van der Waals surface area contributed by atoms with E-state index in [0.29, 0.717) is 32.1 Å². The van der Waals surface area contributed by atoms with Crippen LogP contribution in [0, 0.1) is 0 Å². The molecule has 57 heavy (non-hydrogen) atoms. The van der Waals surface area contributed by atoms with Crippen LogP contribution in [0.3, 0.4) is 0 Å². The van der Waals surface area contributed by atoms with E-state index in [4.69, 9.17) is 24.3 Å². The number of unbranched alkanes of at least 4 members (excludes halogenated alkanes) is 3. The molecule has 0 saturated carbocycles. The van der Waals surface area contributed by atoms with Crippen LogP contribution in [-0.2, 0) is 32.7 Å². The number of hydrogen-bond donors (Lipinski definition) is 4. The molecule has 0 aromatic carbocycles. The third-order valence-corrected chi connectivity index (χ3v) is 8.50. The Kier molecular flexibility index (Phi) is 36.6. The highest BCUT2D eigenvalue weighted by Crippen LogP contribution is 2.43. The Morgan fingerprint density at radius 3 is 1.88 bits per heavy atom. The first kappa shape index (κ1) is 53.3. The molecule has 0 aliphatic heterocycles. The van der Waals surface area contributed by atoms with Crippen molar-refractivity contribution < 1.29 is 47.8 Å². The van der Waals surface area contributed by atoms with Crippen molar-refractivity contribution in [1.82, 2.24) is 0 Å². The van der Waals surface area contributed by atoms with Gasteiger partial charge >= 0.3 is 19.8 Å².